The Morgan fingerprint density at radius 1 is 1.07 bits per heavy atom. The fourth-order valence-electron chi connectivity index (χ4n) is 2.36. The standard InChI is InChI=1S/C18H17N5O3.C2H6/c1-11(12-5-6-14-13(10-12)4-3-9-19-14)17(24)23-22-16-8-7-15(20-21-16)18(25)26-2;1-2/h3-11H,1-2H3,(H,21,22)(H,23,24);1-2H3. The SMILES string of the molecule is CC.COC(=O)c1ccc(NNC(=O)C(C)c2ccc3ncccc3c2)nn1. The molecule has 0 fully saturated rings. The molecule has 0 bridgehead atoms. The second kappa shape index (κ2) is 9.96. The van der Waals surface area contributed by atoms with Crippen molar-refractivity contribution in [1.82, 2.24) is 20.6 Å². The molecule has 0 spiro atoms. The van der Waals surface area contributed by atoms with Gasteiger partial charge in [-0.2, -0.15) is 0 Å². The number of ether oxygens (including phenoxy) is 1. The summed E-state index contributed by atoms with van der Waals surface area (Å²) in [5, 5.41) is 8.50. The van der Waals surface area contributed by atoms with Crippen LogP contribution in [0.5, 0.6) is 0 Å². The van der Waals surface area contributed by atoms with Crippen LogP contribution >= 0.6 is 0 Å². The number of rotatable bonds is 5. The highest BCUT2D eigenvalue weighted by atomic mass is 16.5. The van der Waals surface area contributed by atoms with Crippen LogP contribution in [0.4, 0.5) is 5.82 Å². The maximum absolute atomic E-state index is 12.4. The van der Waals surface area contributed by atoms with Gasteiger partial charge >= 0.3 is 5.97 Å². The van der Waals surface area contributed by atoms with Gasteiger partial charge in [0.05, 0.1) is 18.5 Å². The Labute approximate surface area is 163 Å². The van der Waals surface area contributed by atoms with Gasteiger partial charge in [-0.15, -0.1) is 10.2 Å². The third-order valence-electron chi connectivity index (χ3n) is 3.89. The van der Waals surface area contributed by atoms with E-state index in [0.29, 0.717) is 5.82 Å². The average molecular weight is 381 g/mol. The first-order valence-electron chi connectivity index (χ1n) is 8.91. The minimum atomic E-state index is -0.576. The molecule has 8 heteroatoms. The number of aromatic nitrogens is 3. The van der Waals surface area contributed by atoms with Crippen molar-refractivity contribution in [3.63, 3.8) is 0 Å². The second-order valence-corrected chi connectivity index (χ2v) is 5.59. The fraction of sp³-hybridized carbons (Fsp3) is 0.250. The number of carbonyl (C=O) groups excluding carboxylic acids is 2. The lowest BCUT2D eigenvalue weighted by molar-refractivity contribution is -0.121. The number of fused-ring (bicyclic) bond motifs is 1. The van der Waals surface area contributed by atoms with Crippen molar-refractivity contribution >= 4 is 28.6 Å². The van der Waals surface area contributed by atoms with E-state index < -0.39 is 5.97 Å². The van der Waals surface area contributed by atoms with E-state index in [9.17, 15) is 9.59 Å². The lowest BCUT2D eigenvalue weighted by Crippen LogP contribution is -2.33. The molecule has 8 nitrogen and oxygen atoms in total. The lowest BCUT2D eigenvalue weighted by atomic mass is 9.99. The van der Waals surface area contributed by atoms with Crippen molar-refractivity contribution in [3.05, 3.63) is 59.9 Å². The van der Waals surface area contributed by atoms with Crippen molar-refractivity contribution in [2.24, 2.45) is 0 Å². The maximum Gasteiger partial charge on any atom is 0.358 e. The van der Waals surface area contributed by atoms with E-state index in [-0.39, 0.29) is 17.5 Å². The first-order chi connectivity index (χ1) is 13.6. The summed E-state index contributed by atoms with van der Waals surface area (Å²) in [6.45, 7) is 5.81. The van der Waals surface area contributed by atoms with Gasteiger partial charge in [0.25, 0.3) is 0 Å². The minimum absolute atomic E-state index is 0.0857. The molecule has 2 aromatic heterocycles. The molecule has 3 aromatic rings. The molecule has 2 heterocycles. The van der Waals surface area contributed by atoms with E-state index in [0.717, 1.165) is 16.5 Å². The van der Waals surface area contributed by atoms with Crippen LogP contribution in [0, 0.1) is 0 Å². The highest BCUT2D eigenvalue weighted by molar-refractivity contribution is 5.88. The Kier molecular flexibility index (Phi) is 7.38. The Hall–Kier alpha value is -3.55. The molecule has 2 N–H and O–H groups in total. The van der Waals surface area contributed by atoms with Gasteiger partial charge in [0.1, 0.15) is 0 Å². The third kappa shape index (κ3) is 5.00. The molecule has 28 heavy (non-hydrogen) atoms. The Morgan fingerprint density at radius 3 is 2.54 bits per heavy atom. The molecule has 1 aromatic carbocycles. The predicted molar refractivity (Wildman–Crippen MR) is 107 cm³/mol. The van der Waals surface area contributed by atoms with Gasteiger partial charge in [-0.1, -0.05) is 26.0 Å². The number of hydrazine groups is 1. The molecule has 1 amide bonds. The Morgan fingerprint density at radius 2 is 1.86 bits per heavy atom. The smallest absolute Gasteiger partial charge is 0.358 e. The maximum atomic E-state index is 12.4. The summed E-state index contributed by atoms with van der Waals surface area (Å²) < 4.78 is 4.55. The molecule has 0 aliphatic rings. The number of amides is 1. The third-order valence-corrected chi connectivity index (χ3v) is 3.89. The van der Waals surface area contributed by atoms with Gasteiger partial charge in [-0.05, 0) is 42.8 Å². The summed E-state index contributed by atoms with van der Waals surface area (Å²) in [6.07, 6.45) is 1.73. The number of nitrogens with one attached hydrogen (secondary N) is 2. The van der Waals surface area contributed by atoms with Crippen LogP contribution in [0.15, 0.2) is 48.7 Å². The quantitative estimate of drug-likeness (QED) is 0.517. The van der Waals surface area contributed by atoms with E-state index in [4.69, 9.17) is 0 Å². The van der Waals surface area contributed by atoms with Crippen molar-refractivity contribution in [3.8, 4) is 0 Å². The molecular weight excluding hydrogens is 358 g/mol. The second-order valence-electron chi connectivity index (χ2n) is 5.59. The normalized spacial score (nSPS) is 11.0. The monoisotopic (exact) mass is 381 g/mol. The van der Waals surface area contributed by atoms with Crippen LogP contribution in [0.1, 0.15) is 42.7 Å². The van der Waals surface area contributed by atoms with E-state index in [2.05, 4.69) is 30.8 Å². The summed E-state index contributed by atoms with van der Waals surface area (Å²) in [6, 6.07) is 12.5. The number of hydrogen-bond acceptors (Lipinski definition) is 7. The number of methoxy groups -OCH3 is 1. The zero-order valence-electron chi connectivity index (χ0n) is 16.3. The first-order valence-corrected chi connectivity index (χ1v) is 8.91. The van der Waals surface area contributed by atoms with E-state index in [1.165, 1.54) is 19.2 Å². The molecule has 0 saturated heterocycles. The van der Waals surface area contributed by atoms with Crippen LogP contribution in [0.25, 0.3) is 10.9 Å². The number of pyridine rings is 1. The number of esters is 1. The summed E-state index contributed by atoms with van der Waals surface area (Å²) in [5.74, 6) is -0.880. The molecular formula is C20H23N5O3. The molecule has 0 aliphatic carbocycles. The lowest BCUT2D eigenvalue weighted by Gasteiger charge is -2.14. The number of hydrogen-bond donors (Lipinski definition) is 2. The zero-order chi connectivity index (χ0) is 20.5. The summed E-state index contributed by atoms with van der Waals surface area (Å²) in [4.78, 5) is 27.9. The van der Waals surface area contributed by atoms with Crippen LogP contribution in [-0.2, 0) is 9.53 Å². The fourth-order valence-corrected chi connectivity index (χ4v) is 2.36. The Balaban J connectivity index is 0.00000136. The largest absolute Gasteiger partial charge is 0.464 e. The van der Waals surface area contributed by atoms with E-state index in [1.54, 1.807) is 13.1 Å². The van der Waals surface area contributed by atoms with Gasteiger partial charge < -0.3 is 4.74 Å². The summed E-state index contributed by atoms with van der Waals surface area (Å²) in [7, 11) is 1.26. The van der Waals surface area contributed by atoms with Crippen molar-refractivity contribution < 1.29 is 14.3 Å². The topological polar surface area (TPSA) is 106 Å². The van der Waals surface area contributed by atoms with Crippen LogP contribution < -0.4 is 10.9 Å². The Bertz CT molecular complexity index is 944. The molecule has 0 aliphatic heterocycles. The van der Waals surface area contributed by atoms with E-state index in [1.807, 2.05) is 44.2 Å². The average Bonchev–Trinajstić information content (AvgIpc) is 2.77. The molecule has 146 valence electrons. The van der Waals surface area contributed by atoms with Crippen molar-refractivity contribution in [2.45, 2.75) is 26.7 Å². The highest BCUT2D eigenvalue weighted by Crippen LogP contribution is 2.20. The minimum Gasteiger partial charge on any atom is -0.464 e. The van der Waals surface area contributed by atoms with Gasteiger partial charge in [-0.3, -0.25) is 20.6 Å². The van der Waals surface area contributed by atoms with Crippen LogP contribution in [-0.4, -0.2) is 34.2 Å². The molecule has 1 atom stereocenters. The number of anilines is 1. The van der Waals surface area contributed by atoms with Gasteiger partial charge in [-0.25, -0.2) is 4.79 Å². The molecule has 0 saturated carbocycles. The number of benzene rings is 1. The summed E-state index contributed by atoms with van der Waals surface area (Å²) in [5.41, 5.74) is 7.10. The molecule has 3 rings (SSSR count). The van der Waals surface area contributed by atoms with Gasteiger partial charge in [0, 0.05) is 11.6 Å². The zero-order valence-corrected chi connectivity index (χ0v) is 16.3. The predicted octanol–water partition coefficient (Wildman–Crippen LogP) is 3.08. The highest BCUT2D eigenvalue weighted by Gasteiger charge is 2.16. The van der Waals surface area contributed by atoms with Crippen molar-refractivity contribution in [1.29, 1.82) is 0 Å². The van der Waals surface area contributed by atoms with Gasteiger partial charge in [0.2, 0.25) is 5.91 Å². The van der Waals surface area contributed by atoms with Gasteiger partial charge in [0.15, 0.2) is 11.5 Å². The number of carbonyl (C=O) groups is 2. The van der Waals surface area contributed by atoms with Crippen LogP contribution in [0.2, 0.25) is 0 Å². The van der Waals surface area contributed by atoms with E-state index >= 15 is 0 Å². The molecule has 1 unspecified atom stereocenters. The van der Waals surface area contributed by atoms with Crippen LogP contribution in [0.3, 0.4) is 0 Å². The first kappa shape index (κ1) is 20.8. The summed E-state index contributed by atoms with van der Waals surface area (Å²) >= 11 is 0. The molecule has 0 radical (unpaired) electrons. The van der Waals surface area contributed by atoms with Crippen molar-refractivity contribution in [2.75, 3.05) is 12.5 Å². The number of nitrogens with zero attached hydrogens (tertiary/aromatic N) is 3.